The van der Waals surface area contributed by atoms with Crippen LogP contribution in [-0.4, -0.2) is 85.0 Å². The summed E-state index contributed by atoms with van der Waals surface area (Å²) in [6.45, 7) is 9.91. The molecule has 2 aliphatic rings. The Morgan fingerprint density at radius 3 is 2.50 bits per heavy atom. The molecule has 0 aromatic carbocycles. The van der Waals surface area contributed by atoms with E-state index in [0.29, 0.717) is 42.3 Å². The minimum atomic E-state index is -0.466. The molecular weight excluding hydrogens is 386 g/mol. The molecular formula is C22H33N3O5. The smallest absolute Gasteiger partial charge is 0.355 e. The second kappa shape index (κ2) is 10.2. The van der Waals surface area contributed by atoms with Crippen molar-refractivity contribution < 1.29 is 23.9 Å². The lowest BCUT2D eigenvalue weighted by Gasteiger charge is -2.34. The maximum absolute atomic E-state index is 13.2. The van der Waals surface area contributed by atoms with Gasteiger partial charge in [0, 0.05) is 43.4 Å². The van der Waals surface area contributed by atoms with Gasteiger partial charge in [0.2, 0.25) is 5.91 Å². The largest absolute Gasteiger partial charge is 0.461 e. The third-order valence-corrected chi connectivity index (χ3v) is 6.09. The third kappa shape index (κ3) is 5.10. The number of aromatic nitrogens is 1. The van der Waals surface area contributed by atoms with Gasteiger partial charge in [0.25, 0.3) is 0 Å². The van der Waals surface area contributed by atoms with Gasteiger partial charge in [-0.05, 0) is 39.2 Å². The van der Waals surface area contributed by atoms with E-state index < -0.39 is 5.97 Å². The molecule has 166 valence electrons. The molecule has 3 rings (SSSR count). The summed E-state index contributed by atoms with van der Waals surface area (Å²) in [7, 11) is 0. The van der Waals surface area contributed by atoms with Gasteiger partial charge in [-0.1, -0.05) is 6.42 Å². The fourth-order valence-electron chi connectivity index (χ4n) is 4.10. The Hall–Kier alpha value is -2.19. The van der Waals surface area contributed by atoms with Crippen molar-refractivity contribution in [3.63, 3.8) is 0 Å². The number of esters is 1. The number of H-pyrrole nitrogens is 1. The summed E-state index contributed by atoms with van der Waals surface area (Å²) in [5, 5.41) is 0. The van der Waals surface area contributed by atoms with E-state index in [9.17, 15) is 14.4 Å². The second-order valence-corrected chi connectivity index (χ2v) is 8.11. The van der Waals surface area contributed by atoms with Crippen LogP contribution in [0, 0.1) is 19.8 Å². The molecule has 30 heavy (non-hydrogen) atoms. The van der Waals surface area contributed by atoms with Crippen LogP contribution in [-0.2, 0) is 14.3 Å². The fraction of sp³-hybridized carbons (Fsp3) is 0.682. The van der Waals surface area contributed by atoms with Crippen molar-refractivity contribution >= 4 is 17.7 Å². The Kier molecular flexibility index (Phi) is 7.66. The zero-order valence-electron chi connectivity index (χ0n) is 18.3. The number of Topliss-reactive ketones (excluding diaryl/α,β-unsaturated/α-hetero) is 1. The Morgan fingerprint density at radius 2 is 1.90 bits per heavy atom. The molecule has 0 atom stereocenters. The number of ether oxygens (including phenoxy) is 2. The van der Waals surface area contributed by atoms with Crippen LogP contribution in [0.3, 0.4) is 0 Å². The van der Waals surface area contributed by atoms with E-state index in [-0.39, 0.29) is 30.8 Å². The molecule has 1 aliphatic heterocycles. The summed E-state index contributed by atoms with van der Waals surface area (Å²) in [5.41, 5.74) is 2.00. The lowest BCUT2D eigenvalue weighted by Crippen LogP contribution is -2.47. The van der Waals surface area contributed by atoms with Gasteiger partial charge in [0.15, 0.2) is 5.78 Å². The van der Waals surface area contributed by atoms with Crippen LogP contribution in [0.4, 0.5) is 0 Å². The maximum Gasteiger partial charge on any atom is 0.355 e. The Bertz CT molecular complexity index is 778. The highest BCUT2D eigenvalue weighted by molar-refractivity contribution is 6.04. The van der Waals surface area contributed by atoms with E-state index in [1.54, 1.807) is 25.7 Å². The van der Waals surface area contributed by atoms with Crippen molar-refractivity contribution in [2.45, 2.75) is 40.0 Å². The number of nitrogens with one attached hydrogen (secondary N) is 1. The average molecular weight is 420 g/mol. The second-order valence-electron chi connectivity index (χ2n) is 8.11. The number of morpholine rings is 1. The van der Waals surface area contributed by atoms with Crippen LogP contribution in [0.1, 0.15) is 58.3 Å². The molecule has 1 aliphatic carbocycles. The summed E-state index contributed by atoms with van der Waals surface area (Å²) in [6.07, 6.45) is 2.87. The summed E-state index contributed by atoms with van der Waals surface area (Å²) in [6, 6.07) is 0. The van der Waals surface area contributed by atoms with Crippen molar-refractivity contribution in [2.24, 2.45) is 5.92 Å². The quantitative estimate of drug-likeness (QED) is 0.486. The van der Waals surface area contributed by atoms with Crippen LogP contribution in [0.25, 0.3) is 0 Å². The lowest BCUT2D eigenvalue weighted by molar-refractivity contribution is -0.138. The molecule has 0 spiro atoms. The van der Waals surface area contributed by atoms with Crippen molar-refractivity contribution in [3.8, 4) is 0 Å². The number of nitrogens with zero attached hydrogens (tertiary/aromatic N) is 2. The van der Waals surface area contributed by atoms with E-state index in [4.69, 9.17) is 9.47 Å². The zero-order chi connectivity index (χ0) is 21.7. The van der Waals surface area contributed by atoms with E-state index >= 15 is 0 Å². The Morgan fingerprint density at radius 1 is 1.20 bits per heavy atom. The molecule has 8 nitrogen and oxygen atoms in total. The molecule has 0 unspecified atom stereocenters. The molecule has 1 N–H and O–H groups in total. The molecule has 2 fully saturated rings. The van der Waals surface area contributed by atoms with E-state index in [2.05, 4.69) is 9.88 Å². The number of hydrogen-bond donors (Lipinski definition) is 1. The number of rotatable bonds is 9. The molecule has 2 heterocycles. The number of carbonyl (C=O) groups is 3. The Labute approximate surface area is 177 Å². The topological polar surface area (TPSA) is 91.9 Å². The Balaban J connectivity index is 1.72. The minimum Gasteiger partial charge on any atom is -0.461 e. The van der Waals surface area contributed by atoms with Crippen LogP contribution in [0.15, 0.2) is 0 Å². The first kappa shape index (κ1) is 22.5. The lowest BCUT2D eigenvalue weighted by atomic mass is 9.84. The highest BCUT2D eigenvalue weighted by atomic mass is 16.5. The average Bonchev–Trinajstić information content (AvgIpc) is 2.99. The number of aromatic amines is 1. The highest BCUT2D eigenvalue weighted by Gasteiger charge is 2.32. The van der Waals surface area contributed by atoms with Gasteiger partial charge in [-0.2, -0.15) is 0 Å². The monoisotopic (exact) mass is 419 g/mol. The molecule has 1 amide bonds. The van der Waals surface area contributed by atoms with Crippen LogP contribution >= 0.6 is 0 Å². The molecule has 1 saturated carbocycles. The number of aryl methyl sites for hydroxylation is 1. The molecule has 1 aromatic heterocycles. The maximum atomic E-state index is 13.2. The number of carbonyl (C=O) groups excluding carboxylic acids is 3. The summed E-state index contributed by atoms with van der Waals surface area (Å²) in [4.78, 5) is 45.3. The summed E-state index contributed by atoms with van der Waals surface area (Å²) in [5.74, 6) is -0.511. The standard InChI is InChI=1S/C22H33N3O5/c1-4-30-22(28)20-15(2)19(16(3)23-20)18(26)14-25(21(27)17-6-5-7-17)9-8-24-10-12-29-13-11-24/h17,23H,4-14H2,1-3H3. The number of amides is 1. The predicted molar refractivity (Wildman–Crippen MR) is 112 cm³/mol. The normalized spacial score (nSPS) is 17.4. The van der Waals surface area contributed by atoms with Gasteiger partial charge in [-0.3, -0.25) is 14.5 Å². The molecule has 0 radical (unpaired) electrons. The first-order chi connectivity index (χ1) is 14.4. The van der Waals surface area contributed by atoms with Crippen LogP contribution in [0.5, 0.6) is 0 Å². The van der Waals surface area contributed by atoms with Gasteiger partial charge in [0.1, 0.15) is 5.69 Å². The summed E-state index contributed by atoms with van der Waals surface area (Å²) < 4.78 is 10.5. The SMILES string of the molecule is CCOC(=O)c1[nH]c(C)c(C(=O)CN(CCN2CCOCC2)C(=O)C2CCC2)c1C. The van der Waals surface area contributed by atoms with Gasteiger partial charge >= 0.3 is 5.97 Å². The highest BCUT2D eigenvalue weighted by Crippen LogP contribution is 2.28. The third-order valence-electron chi connectivity index (χ3n) is 6.09. The van der Waals surface area contributed by atoms with E-state index in [1.165, 1.54) is 0 Å². The predicted octanol–water partition coefficient (Wildman–Crippen LogP) is 1.95. The number of hydrogen-bond acceptors (Lipinski definition) is 6. The van der Waals surface area contributed by atoms with Crippen molar-refractivity contribution in [3.05, 3.63) is 22.5 Å². The van der Waals surface area contributed by atoms with Crippen molar-refractivity contribution in [1.82, 2.24) is 14.8 Å². The summed E-state index contributed by atoms with van der Waals surface area (Å²) >= 11 is 0. The van der Waals surface area contributed by atoms with Gasteiger partial charge in [0.05, 0.1) is 26.4 Å². The molecule has 8 heteroatoms. The van der Waals surface area contributed by atoms with Crippen LogP contribution < -0.4 is 0 Å². The van der Waals surface area contributed by atoms with Crippen molar-refractivity contribution in [2.75, 3.05) is 52.5 Å². The fourth-order valence-corrected chi connectivity index (χ4v) is 4.10. The van der Waals surface area contributed by atoms with Crippen molar-refractivity contribution in [1.29, 1.82) is 0 Å². The molecule has 1 aromatic rings. The zero-order valence-corrected chi connectivity index (χ0v) is 18.3. The van der Waals surface area contributed by atoms with Gasteiger partial charge in [-0.15, -0.1) is 0 Å². The van der Waals surface area contributed by atoms with E-state index in [0.717, 1.165) is 38.9 Å². The molecule has 0 bridgehead atoms. The number of ketones is 1. The van der Waals surface area contributed by atoms with Gasteiger partial charge < -0.3 is 19.4 Å². The van der Waals surface area contributed by atoms with Gasteiger partial charge in [-0.25, -0.2) is 4.79 Å². The first-order valence-electron chi connectivity index (χ1n) is 10.9. The first-order valence-corrected chi connectivity index (χ1v) is 10.9. The van der Waals surface area contributed by atoms with E-state index in [1.807, 2.05) is 0 Å². The molecule has 1 saturated heterocycles. The minimum absolute atomic E-state index is 0.0292. The van der Waals surface area contributed by atoms with Crippen LogP contribution in [0.2, 0.25) is 0 Å².